The van der Waals surface area contributed by atoms with Gasteiger partial charge in [-0.25, -0.2) is 9.59 Å². The van der Waals surface area contributed by atoms with Gasteiger partial charge in [-0.05, 0) is 59.6 Å². The van der Waals surface area contributed by atoms with Crippen LogP contribution in [0.15, 0.2) is 103 Å². The van der Waals surface area contributed by atoms with E-state index in [0.717, 1.165) is 33.4 Å². The highest BCUT2D eigenvalue weighted by atomic mass is 16.6. The molecule has 0 aliphatic heterocycles. The fraction of sp³-hybridized carbons (Fsp3) is 0.310. The summed E-state index contributed by atoms with van der Waals surface area (Å²) in [5.74, 6) is -1.66. The van der Waals surface area contributed by atoms with Crippen molar-refractivity contribution in [3.05, 3.63) is 125 Å². The highest BCUT2D eigenvalue weighted by Gasteiger charge is 2.37. The first kappa shape index (κ1) is 40.0. The fourth-order valence-corrected chi connectivity index (χ4v) is 6.72. The molecule has 1 aliphatic carbocycles. The van der Waals surface area contributed by atoms with Crippen molar-refractivity contribution in [3.63, 3.8) is 0 Å². The smallest absolute Gasteiger partial charge is 0.411 e. The van der Waals surface area contributed by atoms with E-state index < -0.39 is 48.2 Å². The lowest BCUT2D eigenvalue weighted by Crippen LogP contribution is -2.55. The average molecular weight is 748 g/mol. The first-order chi connectivity index (χ1) is 26.4. The average Bonchev–Trinajstić information content (AvgIpc) is 3.48. The third-order valence-corrected chi connectivity index (χ3v) is 9.53. The molecule has 1 aliphatic rings. The molecule has 4 aromatic rings. The maximum atomic E-state index is 13.9. The van der Waals surface area contributed by atoms with E-state index >= 15 is 0 Å². The number of nitrogens with zero attached hydrogens (tertiary/aromatic N) is 1. The van der Waals surface area contributed by atoms with Gasteiger partial charge in [0.25, 0.3) is 0 Å². The zero-order valence-corrected chi connectivity index (χ0v) is 31.3. The second kappa shape index (κ2) is 18.7. The van der Waals surface area contributed by atoms with Crippen LogP contribution in [0.1, 0.15) is 55.0 Å². The molecule has 4 aromatic carbocycles. The van der Waals surface area contributed by atoms with Crippen molar-refractivity contribution in [1.29, 1.82) is 0 Å². The highest BCUT2D eigenvalue weighted by molar-refractivity contribution is 5.98. The number of carbonyl (C=O) groups is 5. The van der Waals surface area contributed by atoms with E-state index in [1.807, 2.05) is 78.9 Å². The van der Waals surface area contributed by atoms with Crippen molar-refractivity contribution in [3.8, 4) is 11.1 Å². The number of urea groups is 1. The van der Waals surface area contributed by atoms with Crippen molar-refractivity contribution in [1.82, 2.24) is 20.9 Å². The molecule has 6 amide bonds. The van der Waals surface area contributed by atoms with Gasteiger partial charge in [0.15, 0.2) is 6.10 Å². The van der Waals surface area contributed by atoms with Crippen LogP contribution >= 0.6 is 0 Å². The van der Waals surface area contributed by atoms with E-state index in [4.69, 9.17) is 16.2 Å². The van der Waals surface area contributed by atoms with E-state index in [2.05, 4.69) is 21.3 Å². The van der Waals surface area contributed by atoms with E-state index in [9.17, 15) is 24.0 Å². The molecule has 288 valence electrons. The molecule has 0 unspecified atom stereocenters. The molecule has 13 nitrogen and oxygen atoms in total. The van der Waals surface area contributed by atoms with Crippen LogP contribution in [0.25, 0.3) is 11.1 Å². The number of rotatable bonds is 16. The van der Waals surface area contributed by atoms with Crippen LogP contribution in [0.4, 0.5) is 15.3 Å². The van der Waals surface area contributed by atoms with E-state index in [0.29, 0.717) is 18.5 Å². The van der Waals surface area contributed by atoms with Gasteiger partial charge in [0.1, 0.15) is 12.1 Å². The lowest BCUT2D eigenvalue weighted by atomic mass is 10.0. The number of carbonyl (C=O) groups excluding carboxylic acids is 5. The first-order valence-corrected chi connectivity index (χ1v) is 18.3. The fourth-order valence-electron chi connectivity index (χ4n) is 6.72. The molecular formula is C42H49N7O6. The van der Waals surface area contributed by atoms with Crippen LogP contribution in [-0.4, -0.2) is 66.5 Å². The Bertz CT molecular complexity index is 1930. The van der Waals surface area contributed by atoms with Gasteiger partial charge < -0.3 is 37.5 Å². The maximum Gasteiger partial charge on any atom is 0.411 e. The van der Waals surface area contributed by atoms with Gasteiger partial charge >= 0.3 is 12.1 Å². The monoisotopic (exact) mass is 747 g/mol. The highest BCUT2D eigenvalue weighted by Crippen LogP contribution is 2.45. The number of ether oxygens (including phenoxy) is 1. The van der Waals surface area contributed by atoms with Gasteiger partial charge in [-0.15, -0.1) is 0 Å². The third-order valence-electron chi connectivity index (χ3n) is 9.53. The molecule has 0 aromatic heterocycles. The minimum absolute atomic E-state index is 0.166. The normalized spacial score (nSPS) is 13.4. The molecule has 5 rings (SSSR count). The van der Waals surface area contributed by atoms with Crippen LogP contribution < -0.4 is 32.7 Å². The Hall–Kier alpha value is -6.21. The van der Waals surface area contributed by atoms with Gasteiger partial charge in [-0.3, -0.25) is 19.3 Å². The number of hydrogen-bond acceptors (Lipinski definition) is 7. The Labute approximate surface area is 321 Å². The van der Waals surface area contributed by atoms with E-state index in [-0.39, 0.29) is 31.3 Å². The molecule has 0 saturated carbocycles. The number of benzene rings is 4. The molecule has 0 bridgehead atoms. The Balaban J connectivity index is 1.21. The number of nitrogens with one attached hydrogen (secondary N) is 4. The molecule has 0 spiro atoms. The molecule has 13 heteroatoms. The standard InChI is InChI=1S/C42H49N7O6/c1-26(2)36(49(3)42(54)55-37-32-16-9-7-14-30(32)31-15-8-10-17-33(31)37)40(52)48-35(18-11-23-45-41(44)53)39(51)47-29-21-19-28(20-22-29)25-46-38(50)34(43)24-27-12-5-4-6-13-27/h4-10,12-17,19-22,26,34-37H,11,18,23-25,43H2,1-3H3,(H,46,50)(H,47,51)(H,48,52)(H3,44,45,53)/t34-,35+,36+/m1/s1. The van der Waals surface area contributed by atoms with Gasteiger partial charge in [-0.1, -0.05) is 105 Å². The molecule has 0 heterocycles. The van der Waals surface area contributed by atoms with Gasteiger partial charge in [0.2, 0.25) is 17.7 Å². The lowest BCUT2D eigenvalue weighted by molar-refractivity contribution is -0.131. The maximum absolute atomic E-state index is 13.9. The summed E-state index contributed by atoms with van der Waals surface area (Å²) in [6.07, 6.45) is -0.422. The molecule has 8 N–H and O–H groups in total. The zero-order chi connectivity index (χ0) is 39.5. The molecule has 0 saturated heterocycles. The zero-order valence-electron chi connectivity index (χ0n) is 31.3. The third kappa shape index (κ3) is 10.5. The van der Waals surface area contributed by atoms with Crippen molar-refractivity contribution in [2.24, 2.45) is 17.4 Å². The summed E-state index contributed by atoms with van der Waals surface area (Å²) in [6.45, 7) is 4.05. The second-order valence-electron chi connectivity index (χ2n) is 13.9. The van der Waals surface area contributed by atoms with Crippen molar-refractivity contribution in [2.45, 2.75) is 63.9 Å². The number of likely N-dealkylation sites (N-methyl/N-ethyl adjacent to an activating group) is 1. The summed E-state index contributed by atoms with van der Waals surface area (Å²) >= 11 is 0. The Kier molecular flexibility index (Phi) is 13.6. The minimum atomic E-state index is -1.02. The predicted molar refractivity (Wildman–Crippen MR) is 210 cm³/mol. The molecule has 55 heavy (non-hydrogen) atoms. The van der Waals surface area contributed by atoms with E-state index in [1.54, 1.807) is 38.1 Å². The van der Waals surface area contributed by atoms with Crippen LogP contribution in [0.5, 0.6) is 0 Å². The summed E-state index contributed by atoms with van der Waals surface area (Å²) in [5, 5.41) is 11.0. The number of fused-ring (bicyclic) bond motifs is 3. The van der Waals surface area contributed by atoms with Crippen LogP contribution in [0.3, 0.4) is 0 Å². The largest absolute Gasteiger partial charge is 0.436 e. The summed E-state index contributed by atoms with van der Waals surface area (Å²) in [7, 11) is 1.51. The van der Waals surface area contributed by atoms with Crippen molar-refractivity contribution < 1.29 is 28.7 Å². The molecular weight excluding hydrogens is 699 g/mol. The van der Waals surface area contributed by atoms with Crippen LogP contribution in [-0.2, 0) is 32.1 Å². The SMILES string of the molecule is CC(C)[C@@H](C(=O)N[C@@H](CCCNC(N)=O)C(=O)Nc1ccc(CNC(=O)[C@H](N)Cc2ccccc2)cc1)N(C)C(=O)OC1c2ccccc2-c2ccccc21. The molecule has 3 atom stereocenters. The summed E-state index contributed by atoms with van der Waals surface area (Å²) in [4.78, 5) is 66.4. The number of anilines is 1. The predicted octanol–water partition coefficient (Wildman–Crippen LogP) is 4.61. The number of hydrogen-bond donors (Lipinski definition) is 6. The van der Waals surface area contributed by atoms with Crippen molar-refractivity contribution >= 4 is 35.5 Å². The van der Waals surface area contributed by atoms with Crippen LogP contribution in [0, 0.1) is 5.92 Å². The topological polar surface area (TPSA) is 198 Å². The van der Waals surface area contributed by atoms with Gasteiger partial charge in [-0.2, -0.15) is 0 Å². The Morgan fingerprint density at radius 2 is 1.35 bits per heavy atom. The minimum Gasteiger partial charge on any atom is -0.436 e. The number of primary amides is 1. The summed E-state index contributed by atoms with van der Waals surface area (Å²) < 4.78 is 6.06. The van der Waals surface area contributed by atoms with Crippen LogP contribution in [0.2, 0.25) is 0 Å². The lowest BCUT2D eigenvalue weighted by Gasteiger charge is -2.32. The van der Waals surface area contributed by atoms with E-state index in [1.165, 1.54) is 11.9 Å². The quantitative estimate of drug-likeness (QED) is 0.0900. The first-order valence-electron chi connectivity index (χ1n) is 18.3. The van der Waals surface area contributed by atoms with Crippen molar-refractivity contribution in [2.75, 3.05) is 18.9 Å². The molecule has 0 fully saturated rings. The van der Waals surface area contributed by atoms with Gasteiger partial charge in [0, 0.05) is 37.0 Å². The Morgan fingerprint density at radius 3 is 1.95 bits per heavy atom. The molecule has 0 radical (unpaired) electrons. The summed E-state index contributed by atoms with van der Waals surface area (Å²) in [5.41, 5.74) is 17.2. The van der Waals surface area contributed by atoms with Gasteiger partial charge in [0.05, 0.1) is 6.04 Å². The number of amides is 6. The second-order valence-corrected chi connectivity index (χ2v) is 13.9. The Morgan fingerprint density at radius 1 is 0.745 bits per heavy atom. The number of nitrogens with two attached hydrogens (primary N) is 2. The summed E-state index contributed by atoms with van der Waals surface area (Å²) in [6, 6.07) is 28.5.